The molecule has 2 heterocycles. The minimum atomic E-state index is -0.263. The van der Waals surface area contributed by atoms with Crippen LogP contribution in [0.25, 0.3) is 10.3 Å². The van der Waals surface area contributed by atoms with E-state index in [9.17, 15) is 9.90 Å². The van der Waals surface area contributed by atoms with E-state index < -0.39 is 0 Å². The van der Waals surface area contributed by atoms with E-state index in [-0.39, 0.29) is 11.3 Å². The Balaban J connectivity index is 2.86. The van der Waals surface area contributed by atoms with Crippen molar-refractivity contribution in [3.63, 3.8) is 0 Å². The second kappa shape index (κ2) is 3.26. The van der Waals surface area contributed by atoms with Gasteiger partial charge in [0.25, 0.3) is 5.56 Å². The zero-order valence-corrected chi connectivity index (χ0v) is 8.12. The van der Waals surface area contributed by atoms with Crippen molar-refractivity contribution in [2.75, 3.05) is 0 Å². The predicted octanol–water partition coefficient (Wildman–Crippen LogP) is 1.35. The van der Waals surface area contributed by atoms with Crippen LogP contribution in [0.5, 0.6) is 5.75 Å². The van der Waals surface area contributed by atoms with Crippen molar-refractivity contribution in [3.05, 3.63) is 34.6 Å². The summed E-state index contributed by atoms with van der Waals surface area (Å²) in [6.45, 7) is 3.97. The van der Waals surface area contributed by atoms with Gasteiger partial charge in [0.1, 0.15) is 10.4 Å². The Morgan fingerprint density at radius 3 is 3.21 bits per heavy atom. The molecule has 2 aromatic heterocycles. The molecule has 0 aliphatic carbocycles. The molecule has 0 spiro atoms. The summed E-state index contributed by atoms with van der Waals surface area (Å²) in [6, 6.07) is 1.20. The minimum Gasteiger partial charge on any atom is -0.506 e. The van der Waals surface area contributed by atoms with E-state index in [2.05, 4.69) is 11.6 Å². The van der Waals surface area contributed by atoms with Gasteiger partial charge in [0.2, 0.25) is 0 Å². The number of fused-ring (bicyclic) bond motifs is 1. The summed E-state index contributed by atoms with van der Waals surface area (Å²) in [6.07, 6.45) is 1.62. The fraction of sp³-hybridized carbons (Fsp3) is 0.111. The van der Waals surface area contributed by atoms with E-state index in [4.69, 9.17) is 0 Å². The number of nitrogens with zero attached hydrogens (tertiary/aromatic N) is 2. The third-order valence-corrected chi connectivity index (χ3v) is 2.71. The molecule has 1 N–H and O–H groups in total. The third kappa shape index (κ3) is 1.22. The molecule has 0 fully saturated rings. The summed E-state index contributed by atoms with van der Waals surface area (Å²) in [5.74, 6) is -0.00666. The number of pyridine rings is 1. The van der Waals surface area contributed by atoms with Crippen molar-refractivity contribution in [2.24, 2.45) is 0 Å². The first-order valence-electron chi connectivity index (χ1n) is 4.01. The SMILES string of the molecule is C=CCn1c(=O)cc(O)c2scnc21. The molecule has 0 aromatic carbocycles. The molecule has 14 heavy (non-hydrogen) atoms. The number of hydrogen-bond acceptors (Lipinski definition) is 4. The summed E-state index contributed by atoms with van der Waals surface area (Å²) in [4.78, 5) is 15.5. The van der Waals surface area contributed by atoms with Crippen LogP contribution in [-0.2, 0) is 6.54 Å². The topological polar surface area (TPSA) is 55.1 Å². The Morgan fingerprint density at radius 2 is 2.50 bits per heavy atom. The summed E-state index contributed by atoms with van der Waals surface area (Å²) in [7, 11) is 0. The van der Waals surface area contributed by atoms with Gasteiger partial charge < -0.3 is 5.11 Å². The third-order valence-electron chi connectivity index (χ3n) is 1.87. The van der Waals surface area contributed by atoms with Gasteiger partial charge in [0.15, 0.2) is 5.65 Å². The van der Waals surface area contributed by atoms with Crippen LogP contribution < -0.4 is 5.56 Å². The van der Waals surface area contributed by atoms with E-state index >= 15 is 0 Å². The van der Waals surface area contributed by atoms with Crippen LogP contribution >= 0.6 is 11.3 Å². The summed E-state index contributed by atoms with van der Waals surface area (Å²) in [5.41, 5.74) is 1.85. The average molecular weight is 208 g/mol. The van der Waals surface area contributed by atoms with Gasteiger partial charge in [-0.15, -0.1) is 17.9 Å². The Kier molecular flexibility index (Phi) is 2.09. The first kappa shape index (κ1) is 8.96. The Morgan fingerprint density at radius 1 is 1.71 bits per heavy atom. The van der Waals surface area contributed by atoms with Gasteiger partial charge in [-0.2, -0.15) is 0 Å². The Bertz CT molecular complexity index is 541. The Labute approximate surface area is 83.8 Å². The molecule has 2 rings (SSSR count). The molecule has 4 nitrogen and oxygen atoms in total. The lowest BCUT2D eigenvalue weighted by atomic mass is 10.4. The molecule has 5 heteroatoms. The van der Waals surface area contributed by atoms with Crippen molar-refractivity contribution in [1.82, 2.24) is 9.55 Å². The molecule has 0 aliphatic heterocycles. The smallest absolute Gasteiger partial charge is 0.256 e. The van der Waals surface area contributed by atoms with E-state index in [1.165, 1.54) is 22.0 Å². The van der Waals surface area contributed by atoms with Crippen LogP contribution in [-0.4, -0.2) is 14.7 Å². The van der Waals surface area contributed by atoms with E-state index in [0.717, 1.165) is 0 Å². The molecule has 0 unspecified atom stereocenters. The molecular formula is C9H8N2O2S. The molecule has 0 amide bonds. The molecule has 0 saturated heterocycles. The van der Waals surface area contributed by atoms with Gasteiger partial charge in [0, 0.05) is 12.6 Å². The maximum Gasteiger partial charge on any atom is 0.256 e. The van der Waals surface area contributed by atoms with Crippen LogP contribution in [0.1, 0.15) is 0 Å². The van der Waals surface area contributed by atoms with Crippen LogP contribution in [0.2, 0.25) is 0 Å². The predicted molar refractivity (Wildman–Crippen MR) is 55.7 cm³/mol. The molecule has 72 valence electrons. The molecular weight excluding hydrogens is 200 g/mol. The number of allylic oxidation sites excluding steroid dienone is 1. The van der Waals surface area contributed by atoms with Crippen molar-refractivity contribution in [2.45, 2.75) is 6.54 Å². The number of rotatable bonds is 2. The second-order valence-corrected chi connectivity index (χ2v) is 3.63. The van der Waals surface area contributed by atoms with E-state index in [1.807, 2.05) is 0 Å². The number of thiazole rings is 1. The average Bonchev–Trinajstić information content (AvgIpc) is 2.60. The number of aromatic nitrogens is 2. The monoisotopic (exact) mass is 208 g/mol. The lowest BCUT2D eigenvalue weighted by molar-refractivity contribution is 0.480. The zero-order valence-electron chi connectivity index (χ0n) is 7.30. The first-order chi connectivity index (χ1) is 6.74. The lowest BCUT2D eigenvalue weighted by Gasteiger charge is -2.03. The zero-order chi connectivity index (χ0) is 10.1. The minimum absolute atomic E-state index is 0.00666. The van der Waals surface area contributed by atoms with Gasteiger partial charge in [0.05, 0.1) is 5.51 Å². The fourth-order valence-electron chi connectivity index (χ4n) is 1.28. The van der Waals surface area contributed by atoms with Crippen molar-refractivity contribution in [3.8, 4) is 5.75 Å². The number of aromatic hydroxyl groups is 1. The van der Waals surface area contributed by atoms with E-state index in [0.29, 0.717) is 16.9 Å². The highest BCUT2D eigenvalue weighted by molar-refractivity contribution is 7.17. The maximum atomic E-state index is 11.5. The second-order valence-electron chi connectivity index (χ2n) is 2.77. The van der Waals surface area contributed by atoms with Crippen LogP contribution in [0.3, 0.4) is 0 Å². The number of hydrogen-bond donors (Lipinski definition) is 1. The van der Waals surface area contributed by atoms with Crippen LogP contribution in [0.4, 0.5) is 0 Å². The highest BCUT2D eigenvalue weighted by atomic mass is 32.1. The van der Waals surface area contributed by atoms with E-state index in [1.54, 1.807) is 11.6 Å². The van der Waals surface area contributed by atoms with Crippen molar-refractivity contribution >= 4 is 21.7 Å². The van der Waals surface area contributed by atoms with Crippen molar-refractivity contribution in [1.29, 1.82) is 0 Å². The van der Waals surface area contributed by atoms with Gasteiger partial charge in [-0.3, -0.25) is 9.36 Å². The lowest BCUT2D eigenvalue weighted by Crippen LogP contribution is -2.18. The first-order valence-corrected chi connectivity index (χ1v) is 4.89. The van der Waals surface area contributed by atoms with Gasteiger partial charge >= 0.3 is 0 Å². The summed E-state index contributed by atoms with van der Waals surface area (Å²) >= 11 is 1.31. The molecule has 0 atom stereocenters. The molecule has 0 saturated carbocycles. The van der Waals surface area contributed by atoms with Gasteiger partial charge in [-0.1, -0.05) is 6.08 Å². The maximum absolute atomic E-state index is 11.5. The van der Waals surface area contributed by atoms with Crippen LogP contribution in [0.15, 0.2) is 29.0 Å². The van der Waals surface area contributed by atoms with Crippen LogP contribution in [0, 0.1) is 0 Å². The fourth-order valence-corrected chi connectivity index (χ4v) is 1.98. The Hall–Kier alpha value is -1.62. The summed E-state index contributed by atoms with van der Waals surface area (Å²) < 4.78 is 2.10. The quantitative estimate of drug-likeness (QED) is 0.758. The van der Waals surface area contributed by atoms with Gasteiger partial charge in [-0.25, -0.2) is 4.98 Å². The van der Waals surface area contributed by atoms with Crippen molar-refractivity contribution < 1.29 is 5.11 Å². The molecule has 0 bridgehead atoms. The molecule has 0 aliphatic rings. The normalized spacial score (nSPS) is 10.6. The highest BCUT2D eigenvalue weighted by Gasteiger charge is 2.08. The largest absolute Gasteiger partial charge is 0.506 e. The van der Waals surface area contributed by atoms with Gasteiger partial charge in [-0.05, 0) is 0 Å². The standard InChI is InChI=1S/C9H8N2O2S/c1-2-3-11-7(13)4-6(12)8-9(11)10-5-14-8/h2,4-5,12H,1,3H2. The molecule has 2 aromatic rings. The summed E-state index contributed by atoms with van der Waals surface area (Å²) in [5, 5.41) is 9.46. The highest BCUT2D eigenvalue weighted by Crippen LogP contribution is 2.25. The molecule has 0 radical (unpaired) electrons.